The van der Waals surface area contributed by atoms with E-state index in [1.165, 1.54) is 17.8 Å². The third-order valence-corrected chi connectivity index (χ3v) is 4.00. The largest absolute Gasteiger partial charge is 0.392 e. The van der Waals surface area contributed by atoms with Crippen molar-refractivity contribution in [1.29, 1.82) is 0 Å². The van der Waals surface area contributed by atoms with Crippen molar-refractivity contribution in [3.8, 4) is 0 Å². The van der Waals surface area contributed by atoms with E-state index in [4.69, 9.17) is 0 Å². The van der Waals surface area contributed by atoms with Gasteiger partial charge in [-0.05, 0) is 41.3 Å². The minimum Gasteiger partial charge on any atom is -0.392 e. The van der Waals surface area contributed by atoms with Crippen LogP contribution in [0.15, 0.2) is 29.1 Å². The van der Waals surface area contributed by atoms with E-state index in [0.29, 0.717) is 17.4 Å². The lowest BCUT2D eigenvalue weighted by Gasteiger charge is -2.25. The molecule has 0 unspecified atom stereocenters. The van der Waals surface area contributed by atoms with Crippen LogP contribution in [0.2, 0.25) is 0 Å². The minimum atomic E-state index is -0.404. The van der Waals surface area contributed by atoms with Crippen molar-refractivity contribution in [3.05, 3.63) is 46.0 Å². The van der Waals surface area contributed by atoms with Crippen LogP contribution in [0, 0.1) is 5.82 Å². The number of hydrogen-bond acceptors (Lipinski definition) is 4. The fraction of sp³-hybridized carbons (Fsp3) is 0.357. The molecule has 1 saturated carbocycles. The minimum absolute atomic E-state index is 0.188. The maximum Gasteiger partial charge on any atom is 0.142 e. The Morgan fingerprint density at radius 3 is 2.95 bits per heavy atom. The molecule has 19 heavy (non-hydrogen) atoms. The van der Waals surface area contributed by atoms with Gasteiger partial charge in [0.2, 0.25) is 0 Å². The summed E-state index contributed by atoms with van der Waals surface area (Å²) in [7, 11) is 0. The maximum atomic E-state index is 13.2. The first-order valence-electron chi connectivity index (χ1n) is 6.31. The number of halogens is 1. The number of hydrogen-bond donors (Lipinski definition) is 1. The Kier molecular flexibility index (Phi) is 3.48. The van der Waals surface area contributed by atoms with Crippen molar-refractivity contribution >= 4 is 17.2 Å². The van der Waals surface area contributed by atoms with Gasteiger partial charge in [0.25, 0.3) is 0 Å². The highest BCUT2D eigenvalue weighted by atomic mass is 32.1. The zero-order valence-electron chi connectivity index (χ0n) is 10.4. The molecule has 0 aromatic carbocycles. The van der Waals surface area contributed by atoms with Crippen molar-refractivity contribution in [2.24, 2.45) is 0 Å². The smallest absolute Gasteiger partial charge is 0.142 e. The zero-order valence-corrected chi connectivity index (χ0v) is 11.2. The van der Waals surface area contributed by atoms with E-state index in [1.54, 1.807) is 11.3 Å². The predicted octanol–water partition coefficient (Wildman–Crippen LogP) is 2.94. The van der Waals surface area contributed by atoms with Crippen LogP contribution in [0.3, 0.4) is 0 Å². The molecule has 0 spiro atoms. The number of anilines is 1. The van der Waals surface area contributed by atoms with E-state index < -0.39 is 5.82 Å². The van der Waals surface area contributed by atoms with E-state index in [0.717, 1.165) is 19.4 Å². The number of aliphatic hydroxyl groups excluding tert-OH is 1. The van der Waals surface area contributed by atoms with E-state index in [1.807, 2.05) is 5.38 Å². The van der Waals surface area contributed by atoms with Gasteiger partial charge in [0.05, 0.1) is 12.8 Å². The third-order valence-electron chi connectivity index (χ3n) is 3.27. The number of pyridine rings is 1. The van der Waals surface area contributed by atoms with Crippen molar-refractivity contribution in [3.63, 3.8) is 0 Å². The van der Waals surface area contributed by atoms with Crippen LogP contribution in [0.4, 0.5) is 10.2 Å². The lowest BCUT2D eigenvalue weighted by molar-refractivity contribution is 0.281. The van der Waals surface area contributed by atoms with Gasteiger partial charge < -0.3 is 10.0 Å². The molecule has 1 aliphatic carbocycles. The summed E-state index contributed by atoms with van der Waals surface area (Å²) < 4.78 is 13.2. The highest BCUT2D eigenvalue weighted by Gasteiger charge is 2.31. The topological polar surface area (TPSA) is 36.4 Å². The Labute approximate surface area is 115 Å². The highest BCUT2D eigenvalue weighted by molar-refractivity contribution is 7.07. The number of rotatable bonds is 5. The first-order valence-corrected chi connectivity index (χ1v) is 7.25. The summed E-state index contributed by atoms with van der Waals surface area (Å²) in [5, 5.41) is 13.5. The molecule has 0 radical (unpaired) electrons. The second-order valence-corrected chi connectivity index (χ2v) is 5.57. The SMILES string of the molecule is OCc1cc(F)cnc1N(Cc1ccsc1)C1CC1. The van der Waals surface area contributed by atoms with E-state index in [2.05, 4.69) is 21.3 Å². The summed E-state index contributed by atoms with van der Waals surface area (Å²) in [5.41, 5.74) is 1.79. The van der Waals surface area contributed by atoms with Crippen LogP contribution in [0.25, 0.3) is 0 Å². The van der Waals surface area contributed by atoms with Gasteiger partial charge in [0, 0.05) is 18.2 Å². The number of nitrogens with zero attached hydrogens (tertiary/aromatic N) is 2. The molecule has 0 saturated heterocycles. The van der Waals surface area contributed by atoms with Gasteiger partial charge in [-0.2, -0.15) is 11.3 Å². The van der Waals surface area contributed by atoms with Gasteiger partial charge in [0.1, 0.15) is 11.6 Å². The molecular formula is C14H15FN2OS. The fourth-order valence-corrected chi connectivity index (χ4v) is 2.85. The van der Waals surface area contributed by atoms with E-state index in [-0.39, 0.29) is 6.61 Å². The molecule has 0 bridgehead atoms. The molecule has 100 valence electrons. The van der Waals surface area contributed by atoms with Crippen LogP contribution >= 0.6 is 11.3 Å². The molecule has 2 heterocycles. The van der Waals surface area contributed by atoms with Crippen LogP contribution in [-0.2, 0) is 13.2 Å². The number of thiophene rings is 1. The molecule has 3 nitrogen and oxygen atoms in total. The Balaban J connectivity index is 1.91. The van der Waals surface area contributed by atoms with Gasteiger partial charge >= 0.3 is 0 Å². The normalized spacial score (nSPS) is 14.6. The zero-order chi connectivity index (χ0) is 13.2. The molecular weight excluding hydrogens is 263 g/mol. The van der Waals surface area contributed by atoms with Gasteiger partial charge in [-0.3, -0.25) is 0 Å². The molecule has 5 heteroatoms. The molecule has 3 rings (SSSR count). The molecule has 0 atom stereocenters. The van der Waals surface area contributed by atoms with Crippen LogP contribution in [0.1, 0.15) is 24.0 Å². The standard InChI is InChI=1S/C14H15FN2OS/c15-12-5-11(8-18)14(16-6-12)17(13-1-2-13)7-10-3-4-19-9-10/h3-6,9,13,18H,1-2,7-8H2. The molecule has 1 N–H and O–H groups in total. The summed E-state index contributed by atoms with van der Waals surface area (Å²) >= 11 is 1.66. The Hall–Kier alpha value is -1.46. The Morgan fingerprint density at radius 2 is 2.32 bits per heavy atom. The number of aromatic nitrogens is 1. The Morgan fingerprint density at radius 1 is 1.47 bits per heavy atom. The molecule has 0 amide bonds. The lowest BCUT2D eigenvalue weighted by Crippen LogP contribution is -2.27. The molecule has 1 aliphatic rings. The summed E-state index contributed by atoms with van der Waals surface area (Å²) in [6, 6.07) is 3.91. The fourth-order valence-electron chi connectivity index (χ4n) is 2.19. The number of aliphatic hydroxyl groups is 1. The molecule has 1 fully saturated rings. The van der Waals surface area contributed by atoms with Crippen LogP contribution < -0.4 is 4.90 Å². The predicted molar refractivity (Wildman–Crippen MR) is 73.6 cm³/mol. The van der Waals surface area contributed by atoms with Gasteiger partial charge in [0.15, 0.2) is 0 Å². The monoisotopic (exact) mass is 278 g/mol. The first kappa shape index (κ1) is 12.6. The van der Waals surface area contributed by atoms with Crippen LogP contribution in [-0.4, -0.2) is 16.1 Å². The van der Waals surface area contributed by atoms with Crippen LogP contribution in [0.5, 0.6) is 0 Å². The Bertz CT molecular complexity index is 555. The molecule has 0 aliphatic heterocycles. The van der Waals surface area contributed by atoms with Crippen molar-refractivity contribution in [1.82, 2.24) is 4.98 Å². The van der Waals surface area contributed by atoms with Crippen molar-refractivity contribution in [2.45, 2.75) is 32.0 Å². The van der Waals surface area contributed by atoms with Gasteiger partial charge in [-0.25, -0.2) is 9.37 Å². The van der Waals surface area contributed by atoms with E-state index >= 15 is 0 Å². The summed E-state index contributed by atoms with van der Waals surface area (Å²) in [6.45, 7) is 0.576. The third kappa shape index (κ3) is 2.77. The quantitative estimate of drug-likeness (QED) is 0.913. The molecule has 2 aromatic heterocycles. The maximum absolute atomic E-state index is 13.2. The summed E-state index contributed by atoms with van der Waals surface area (Å²) in [4.78, 5) is 6.36. The second-order valence-electron chi connectivity index (χ2n) is 4.79. The highest BCUT2D eigenvalue weighted by Crippen LogP contribution is 2.34. The first-order chi connectivity index (χ1) is 9.28. The van der Waals surface area contributed by atoms with Crippen molar-refractivity contribution in [2.75, 3.05) is 4.90 Å². The summed E-state index contributed by atoms with van der Waals surface area (Å²) in [6.07, 6.45) is 3.49. The van der Waals surface area contributed by atoms with E-state index in [9.17, 15) is 9.50 Å². The van der Waals surface area contributed by atoms with Gasteiger partial charge in [-0.15, -0.1) is 0 Å². The lowest BCUT2D eigenvalue weighted by atomic mass is 10.2. The van der Waals surface area contributed by atoms with Gasteiger partial charge in [-0.1, -0.05) is 0 Å². The average Bonchev–Trinajstić information content (AvgIpc) is 3.13. The molecule has 2 aromatic rings. The second kappa shape index (κ2) is 5.27. The average molecular weight is 278 g/mol. The van der Waals surface area contributed by atoms with Crippen molar-refractivity contribution < 1.29 is 9.50 Å². The summed E-state index contributed by atoms with van der Waals surface area (Å²) in [5.74, 6) is 0.302.